The minimum absolute atomic E-state index is 0.234. The van der Waals surface area contributed by atoms with Crippen LogP contribution in [-0.2, 0) is 0 Å². The van der Waals surface area contributed by atoms with E-state index < -0.39 is 6.10 Å². The topological polar surface area (TPSA) is 73.3 Å². The predicted molar refractivity (Wildman–Crippen MR) is 199 cm³/mol. The summed E-state index contributed by atoms with van der Waals surface area (Å²) in [5.74, 6) is 2.99. The van der Waals surface area contributed by atoms with E-state index in [1.165, 1.54) is 55.4 Å². The molecule has 2 fully saturated rings. The zero-order chi connectivity index (χ0) is 32.6. The van der Waals surface area contributed by atoms with Gasteiger partial charge in [0.05, 0.1) is 11.6 Å². The van der Waals surface area contributed by atoms with Gasteiger partial charge < -0.3 is 20.6 Å². The van der Waals surface area contributed by atoms with Crippen LogP contribution in [0.5, 0.6) is 0 Å². The van der Waals surface area contributed by atoms with Crippen molar-refractivity contribution in [2.45, 2.75) is 92.4 Å². The number of nitrogens with one attached hydrogen (secondary N) is 2. The number of thioether (sulfide) groups is 1. The largest absolute Gasteiger partial charge is 0.388 e. The van der Waals surface area contributed by atoms with Gasteiger partial charge in [-0.15, -0.1) is 11.8 Å². The van der Waals surface area contributed by atoms with Gasteiger partial charge in [0.2, 0.25) is 5.95 Å². The molecule has 2 saturated carbocycles. The second-order valence-corrected chi connectivity index (χ2v) is 15.6. The highest BCUT2D eigenvalue weighted by atomic mass is 35.5. The van der Waals surface area contributed by atoms with Crippen molar-refractivity contribution in [3.8, 4) is 0 Å². The molecule has 0 amide bonds. The molecule has 2 aliphatic carbocycles. The summed E-state index contributed by atoms with van der Waals surface area (Å²) in [7, 11) is 4.07. The third-order valence-corrected chi connectivity index (χ3v) is 11.5. The Morgan fingerprint density at radius 3 is 2.32 bits per heavy atom. The summed E-state index contributed by atoms with van der Waals surface area (Å²) in [4.78, 5) is 12.9. The summed E-state index contributed by atoms with van der Waals surface area (Å²) in [6.07, 6.45) is 11.4. The van der Waals surface area contributed by atoms with Crippen molar-refractivity contribution >= 4 is 46.0 Å². The number of nitrogens with zero attached hydrogens (tertiary/aromatic N) is 3. The lowest BCUT2D eigenvalue weighted by Crippen LogP contribution is -2.34. The van der Waals surface area contributed by atoms with Crippen LogP contribution >= 0.6 is 23.4 Å². The Labute approximate surface area is 290 Å². The second-order valence-electron chi connectivity index (χ2n) is 13.7. The average Bonchev–Trinajstić information content (AvgIpc) is 3.10. The molecule has 6 nitrogen and oxygen atoms in total. The maximum atomic E-state index is 11.3. The molecule has 0 radical (unpaired) electrons. The van der Waals surface area contributed by atoms with Crippen LogP contribution in [0.4, 0.5) is 11.8 Å². The monoisotopic (exact) mass is 671 g/mol. The lowest BCUT2D eigenvalue weighted by atomic mass is 9.83. The standard InChI is InChI=1S/C39H50ClN5OS/c1-45(2)38-35-10-6-7-11-36(35)43-39(44-38)42-32-20-12-27(13-21-32)25-41-26-34(47-33-22-18-31(40)19-23-33)24-37(46)30-16-14-29(15-17-30)28-8-4-3-5-9-28/h6-7,10-11,14-19,22-23,27-28,32,34,37,41,46H,3-5,8-9,12-13,20-21,24-26H2,1-2H3,(H,42,43,44). The van der Waals surface area contributed by atoms with Crippen molar-refractivity contribution in [1.82, 2.24) is 15.3 Å². The quantitative estimate of drug-likeness (QED) is 0.122. The fraction of sp³-hybridized carbons (Fsp3) is 0.487. The number of anilines is 2. The Balaban J connectivity index is 1.01. The maximum Gasteiger partial charge on any atom is 0.225 e. The van der Waals surface area contributed by atoms with Gasteiger partial charge in [-0.05, 0) is 111 Å². The second kappa shape index (κ2) is 16.5. The Bertz CT molecular complexity index is 1550. The highest BCUT2D eigenvalue weighted by Gasteiger charge is 2.24. The fourth-order valence-electron chi connectivity index (χ4n) is 7.30. The van der Waals surface area contributed by atoms with Crippen LogP contribution in [0.2, 0.25) is 5.02 Å². The Morgan fingerprint density at radius 2 is 1.60 bits per heavy atom. The Morgan fingerprint density at radius 1 is 0.872 bits per heavy atom. The van der Waals surface area contributed by atoms with Crippen molar-refractivity contribution in [1.29, 1.82) is 0 Å². The number of aliphatic hydroxyl groups is 1. The average molecular weight is 672 g/mol. The van der Waals surface area contributed by atoms with Gasteiger partial charge in [-0.3, -0.25) is 0 Å². The number of hydrogen-bond acceptors (Lipinski definition) is 7. The number of rotatable bonds is 13. The molecule has 0 bridgehead atoms. The number of aromatic nitrogens is 2. The summed E-state index contributed by atoms with van der Waals surface area (Å²) in [5, 5.41) is 20.8. The van der Waals surface area contributed by atoms with Gasteiger partial charge in [-0.2, -0.15) is 4.98 Å². The first kappa shape index (κ1) is 34.0. The van der Waals surface area contributed by atoms with Crippen LogP contribution < -0.4 is 15.5 Å². The van der Waals surface area contributed by atoms with Crippen LogP contribution in [0.25, 0.3) is 10.9 Å². The molecular formula is C39H50ClN5OS. The molecule has 0 saturated heterocycles. The number of hydrogen-bond donors (Lipinski definition) is 3. The van der Waals surface area contributed by atoms with Crippen LogP contribution in [0.1, 0.15) is 87.4 Å². The lowest BCUT2D eigenvalue weighted by molar-refractivity contribution is 0.166. The normalized spacial score (nSPS) is 20.2. The van der Waals surface area contributed by atoms with Gasteiger partial charge in [-0.25, -0.2) is 4.98 Å². The van der Waals surface area contributed by atoms with E-state index in [-0.39, 0.29) is 5.25 Å². The summed E-state index contributed by atoms with van der Waals surface area (Å²) < 4.78 is 0. The van der Waals surface area contributed by atoms with E-state index in [1.54, 1.807) is 0 Å². The van der Waals surface area contributed by atoms with Gasteiger partial charge in [0.25, 0.3) is 0 Å². The maximum absolute atomic E-state index is 11.3. The van der Waals surface area contributed by atoms with Gasteiger partial charge in [0.15, 0.2) is 0 Å². The van der Waals surface area contributed by atoms with Crippen molar-refractivity contribution in [3.63, 3.8) is 0 Å². The zero-order valence-electron chi connectivity index (χ0n) is 27.9. The van der Waals surface area contributed by atoms with Crippen LogP contribution in [0, 0.1) is 5.92 Å². The van der Waals surface area contributed by atoms with E-state index >= 15 is 0 Å². The SMILES string of the molecule is CN(C)c1nc(NC2CCC(CNCC(CC(O)c3ccc(C4CCCCC4)cc3)Sc3ccc(Cl)cc3)CC2)nc2ccccc12. The molecule has 3 N–H and O–H groups in total. The van der Waals surface area contributed by atoms with E-state index in [2.05, 4.69) is 64.1 Å². The Hall–Kier alpha value is -2.84. The summed E-state index contributed by atoms with van der Waals surface area (Å²) in [6, 6.07) is 25.5. The number of para-hydroxylation sites is 1. The third kappa shape index (κ3) is 9.41. The van der Waals surface area contributed by atoms with E-state index in [9.17, 15) is 5.11 Å². The Kier molecular flexibility index (Phi) is 12.0. The van der Waals surface area contributed by atoms with Gasteiger partial charge >= 0.3 is 0 Å². The van der Waals surface area contributed by atoms with Crippen molar-refractivity contribution in [3.05, 3.63) is 88.9 Å². The number of benzene rings is 3. The van der Waals surface area contributed by atoms with E-state index in [0.717, 1.165) is 59.2 Å². The van der Waals surface area contributed by atoms with E-state index in [0.29, 0.717) is 24.3 Å². The molecular weight excluding hydrogens is 622 g/mol. The summed E-state index contributed by atoms with van der Waals surface area (Å²) >= 11 is 8.00. The predicted octanol–water partition coefficient (Wildman–Crippen LogP) is 9.24. The first-order valence-electron chi connectivity index (χ1n) is 17.5. The van der Waals surface area contributed by atoms with Gasteiger partial charge in [0.1, 0.15) is 5.82 Å². The van der Waals surface area contributed by atoms with E-state index in [4.69, 9.17) is 21.6 Å². The number of aliphatic hydroxyl groups excluding tert-OH is 1. The molecule has 8 heteroatoms. The van der Waals surface area contributed by atoms with Gasteiger partial charge in [0, 0.05) is 47.2 Å². The summed E-state index contributed by atoms with van der Waals surface area (Å²) in [6.45, 7) is 1.84. The van der Waals surface area contributed by atoms with Crippen LogP contribution in [0.15, 0.2) is 77.7 Å². The molecule has 2 atom stereocenters. The molecule has 4 aromatic rings. The molecule has 250 valence electrons. The highest BCUT2D eigenvalue weighted by molar-refractivity contribution is 8.00. The zero-order valence-corrected chi connectivity index (χ0v) is 29.4. The fourth-order valence-corrected chi connectivity index (χ4v) is 8.58. The molecule has 0 aliphatic heterocycles. The molecule has 1 heterocycles. The molecule has 6 rings (SSSR count). The van der Waals surface area contributed by atoms with Gasteiger partial charge in [-0.1, -0.05) is 67.3 Å². The molecule has 47 heavy (non-hydrogen) atoms. The van der Waals surface area contributed by atoms with Crippen LogP contribution in [-0.4, -0.2) is 53.6 Å². The smallest absolute Gasteiger partial charge is 0.225 e. The molecule has 3 aromatic carbocycles. The van der Waals surface area contributed by atoms with Crippen molar-refractivity contribution in [2.75, 3.05) is 37.4 Å². The minimum atomic E-state index is -0.492. The third-order valence-electron chi connectivity index (χ3n) is 9.99. The summed E-state index contributed by atoms with van der Waals surface area (Å²) in [5.41, 5.74) is 3.42. The van der Waals surface area contributed by atoms with E-state index in [1.807, 2.05) is 50.1 Å². The minimum Gasteiger partial charge on any atom is -0.388 e. The molecule has 2 aliphatic rings. The molecule has 1 aromatic heterocycles. The van der Waals surface area contributed by atoms with Crippen molar-refractivity contribution < 1.29 is 5.11 Å². The van der Waals surface area contributed by atoms with Crippen LogP contribution in [0.3, 0.4) is 0 Å². The molecule has 0 spiro atoms. The van der Waals surface area contributed by atoms with Crippen molar-refractivity contribution in [2.24, 2.45) is 5.92 Å². The number of fused-ring (bicyclic) bond motifs is 1. The first-order valence-corrected chi connectivity index (χ1v) is 18.8. The highest BCUT2D eigenvalue weighted by Crippen LogP contribution is 2.35. The first-order chi connectivity index (χ1) is 22.9. The lowest BCUT2D eigenvalue weighted by Gasteiger charge is -2.30. The number of halogens is 1. The molecule has 2 unspecified atom stereocenters.